The number of nitrogens with one attached hydrogen (secondary N) is 1. The molecule has 1 aromatic carbocycles. The summed E-state index contributed by atoms with van der Waals surface area (Å²) in [5, 5.41) is 3.06. The number of alkyl halides is 2. The van der Waals surface area contributed by atoms with Gasteiger partial charge in [-0.1, -0.05) is 19.1 Å². The van der Waals surface area contributed by atoms with Crippen LogP contribution in [0.4, 0.5) is 17.6 Å². The van der Waals surface area contributed by atoms with Crippen molar-refractivity contribution in [3.05, 3.63) is 35.4 Å². The van der Waals surface area contributed by atoms with E-state index in [-0.39, 0.29) is 12.1 Å². The van der Waals surface area contributed by atoms with Crippen molar-refractivity contribution >= 4 is 0 Å². The zero-order valence-corrected chi connectivity index (χ0v) is 11.7. The monoisotopic (exact) mass is 292 g/mol. The second kappa shape index (κ2) is 8.21. The fourth-order valence-electron chi connectivity index (χ4n) is 2.00. The van der Waals surface area contributed by atoms with E-state index in [0.717, 1.165) is 12.5 Å². The molecule has 0 spiro atoms. The van der Waals surface area contributed by atoms with E-state index in [0.29, 0.717) is 6.54 Å². The minimum Gasteiger partial charge on any atom is -0.309 e. The summed E-state index contributed by atoms with van der Waals surface area (Å²) in [6.45, 7) is 2.32. The van der Waals surface area contributed by atoms with Crippen LogP contribution in [0.1, 0.15) is 24.9 Å². The molecule has 0 aliphatic rings. The Morgan fingerprint density at radius 2 is 1.90 bits per heavy atom. The Kier molecular flexibility index (Phi) is 6.95. The molecule has 1 aromatic rings. The van der Waals surface area contributed by atoms with Crippen molar-refractivity contribution in [2.75, 3.05) is 26.7 Å². The highest BCUT2D eigenvalue weighted by atomic mass is 19.3. The molecule has 0 heterocycles. The Labute approximate surface area is 116 Å². The van der Waals surface area contributed by atoms with Crippen molar-refractivity contribution in [3.8, 4) is 0 Å². The van der Waals surface area contributed by atoms with Gasteiger partial charge in [0.15, 0.2) is 11.6 Å². The highest BCUT2D eigenvalue weighted by molar-refractivity contribution is 5.23. The third-order valence-electron chi connectivity index (χ3n) is 2.94. The highest BCUT2D eigenvalue weighted by Gasteiger charge is 2.20. The van der Waals surface area contributed by atoms with Crippen LogP contribution in [0, 0.1) is 11.6 Å². The maximum absolute atomic E-state index is 13.8. The summed E-state index contributed by atoms with van der Waals surface area (Å²) < 4.78 is 51.8. The third-order valence-corrected chi connectivity index (χ3v) is 2.94. The second-order valence-electron chi connectivity index (χ2n) is 4.76. The van der Waals surface area contributed by atoms with Crippen LogP contribution in [-0.2, 0) is 0 Å². The Balaban J connectivity index is 2.85. The van der Waals surface area contributed by atoms with E-state index in [1.54, 1.807) is 0 Å². The summed E-state index contributed by atoms with van der Waals surface area (Å²) in [5.41, 5.74) is 0.166. The van der Waals surface area contributed by atoms with Crippen molar-refractivity contribution in [2.45, 2.75) is 25.8 Å². The first-order valence-electron chi connectivity index (χ1n) is 6.59. The molecule has 0 radical (unpaired) electrons. The molecule has 1 rings (SSSR count). The highest BCUT2D eigenvalue weighted by Crippen LogP contribution is 2.20. The standard InChI is InChI=1S/C14H20F4N2/c1-3-7-19-12(8-20(2)9-13(16)17)10-5-4-6-11(15)14(10)18/h4-6,12-13,19H,3,7-9H2,1-2H3. The predicted octanol–water partition coefficient (Wildman–Crippen LogP) is 3.20. The molecule has 6 heteroatoms. The van der Waals surface area contributed by atoms with Gasteiger partial charge in [-0.25, -0.2) is 17.6 Å². The summed E-state index contributed by atoms with van der Waals surface area (Å²) in [6.07, 6.45) is -1.64. The van der Waals surface area contributed by atoms with E-state index in [1.807, 2.05) is 6.92 Å². The molecule has 0 aliphatic carbocycles. The van der Waals surface area contributed by atoms with E-state index >= 15 is 0 Å². The molecule has 0 bridgehead atoms. The third kappa shape index (κ3) is 5.09. The van der Waals surface area contributed by atoms with Crippen LogP contribution in [0.5, 0.6) is 0 Å². The fourth-order valence-corrected chi connectivity index (χ4v) is 2.00. The van der Waals surface area contributed by atoms with E-state index in [9.17, 15) is 17.6 Å². The lowest BCUT2D eigenvalue weighted by Crippen LogP contribution is -2.36. The lowest BCUT2D eigenvalue weighted by molar-refractivity contribution is 0.0956. The maximum atomic E-state index is 13.8. The Morgan fingerprint density at radius 3 is 2.50 bits per heavy atom. The van der Waals surface area contributed by atoms with E-state index in [4.69, 9.17) is 0 Å². The molecule has 0 saturated heterocycles. The number of halogens is 4. The van der Waals surface area contributed by atoms with Crippen molar-refractivity contribution in [1.29, 1.82) is 0 Å². The van der Waals surface area contributed by atoms with Crippen LogP contribution < -0.4 is 5.32 Å². The van der Waals surface area contributed by atoms with Crippen LogP contribution in [0.2, 0.25) is 0 Å². The summed E-state index contributed by atoms with van der Waals surface area (Å²) in [6, 6.07) is 3.41. The number of rotatable bonds is 8. The van der Waals surface area contributed by atoms with Gasteiger partial charge in [0.1, 0.15) is 0 Å². The molecule has 2 nitrogen and oxygen atoms in total. The SMILES string of the molecule is CCCNC(CN(C)CC(F)F)c1cccc(F)c1F. The van der Waals surface area contributed by atoms with Gasteiger partial charge in [-0.05, 0) is 26.1 Å². The first kappa shape index (κ1) is 16.9. The van der Waals surface area contributed by atoms with Crippen molar-refractivity contribution in [2.24, 2.45) is 0 Å². The zero-order valence-electron chi connectivity index (χ0n) is 11.7. The molecule has 20 heavy (non-hydrogen) atoms. The molecule has 0 aliphatic heterocycles. The van der Waals surface area contributed by atoms with Crippen LogP contribution in [0.3, 0.4) is 0 Å². The van der Waals surface area contributed by atoms with E-state index < -0.39 is 30.6 Å². The van der Waals surface area contributed by atoms with Crippen LogP contribution in [0.15, 0.2) is 18.2 Å². The van der Waals surface area contributed by atoms with Gasteiger partial charge in [0.2, 0.25) is 0 Å². The molecule has 1 unspecified atom stereocenters. The smallest absolute Gasteiger partial charge is 0.251 e. The van der Waals surface area contributed by atoms with Gasteiger partial charge >= 0.3 is 0 Å². The Morgan fingerprint density at radius 1 is 1.20 bits per heavy atom. The summed E-state index contributed by atoms with van der Waals surface area (Å²) in [5.74, 6) is -1.85. The number of hydrogen-bond donors (Lipinski definition) is 1. The topological polar surface area (TPSA) is 15.3 Å². The average Bonchev–Trinajstić information content (AvgIpc) is 2.37. The lowest BCUT2D eigenvalue weighted by Gasteiger charge is -2.25. The Hall–Kier alpha value is -1.14. The molecule has 0 aromatic heterocycles. The molecule has 0 fully saturated rings. The summed E-state index contributed by atoms with van der Waals surface area (Å²) in [4.78, 5) is 1.41. The fraction of sp³-hybridized carbons (Fsp3) is 0.571. The number of likely N-dealkylation sites (N-methyl/N-ethyl adjacent to an activating group) is 1. The molecule has 114 valence electrons. The minimum absolute atomic E-state index is 0.166. The largest absolute Gasteiger partial charge is 0.309 e. The Bertz CT molecular complexity index is 412. The van der Waals surface area contributed by atoms with E-state index in [1.165, 1.54) is 24.1 Å². The molecule has 1 N–H and O–H groups in total. The van der Waals surface area contributed by atoms with Gasteiger partial charge in [0.25, 0.3) is 6.43 Å². The van der Waals surface area contributed by atoms with Crippen molar-refractivity contribution in [3.63, 3.8) is 0 Å². The summed E-state index contributed by atoms with van der Waals surface area (Å²) >= 11 is 0. The number of benzene rings is 1. The average molecular weight is 292 g/mol. The molecular formula is C14H20F4N2. The first-order chi connectivity index (χ1) is 9.45. The van der Waals surface area contributed by atoms with Crippen LogP contribution in [-0.4, -0.2) is 38.0 Å². The van der Waals surface area contributed by atoms with Gasteiger partial charge in [-0.2, -0.15) is 0 Å². The lowest BCUT2D eigenvalue weighted by atomic mass is 10.1. The van der Waals surface area contributed by atoms with Crippen molar-refractivity contribution < 1.29 is 17.6 Å². The van der Waals surface area contributed by atoms with Crippen LogP contribution >= 0.6 is 0 Å². The summed E-state index contributed by atoms with van der Waals surface area (Å²) in [7, 11) is 1.53. The number of hydrogen-bond acceptors (Lipinski definition) is 2. The predicted molar refractivity (Wildman–Crippen MR) is 70.9 cm³/mol. The van der Waals surface area contributed by atoms with E-state index in [2.05, 4.69) is 5.32 Å². The van der Waals surface area contributed by atoms with Gasteiger partial charge in [-0.15, -0.1) is 0 Å². The maximum Gasteiger partial charge on any atom is 0.251 e. The van der Waals surface area contributed by atoms with Gasteiger partial charge < -0.3 is 5.32 Å². The zero-order chi connectivity index (χ0) is 15.1. The normalized spacial score (nSPS) is 13.2. The van der Waals surface area contributed by atoms with Gasteiger partial charge in [0, 0.05) is 18.2 Å². The number of nitrogens with zero attached hydrogens (tertiary/aromatic N) is 1. The molecule has 0 amide bonds. The second-order valence-corrected chi connectivity index (χ2v) is 4.76. The quantitative estimate of drug-likeness (QED) is 0.740. The van der Waals surface area contributed by atoms with Crippen molar-refractivity contribution in [1.82, 2.24) is 10.2 Å². The molecule has 0 saturated carbocycles. The minimum atomic E-state index is -2.45. The van der Waals surface area contributed by atoms with Crippen LogP contribution in [0.25, 0.3) is 0 Å². The van der Waals surface area contributed by atoms with Gasteiger partial charge in [0.05, 0.1) is 6.54 Å². The van der Waals surface area contributed by atoms with Gasteiger partial charge in [-0.3, -0.25) is 4.90 Å². The molecular weight excluding hydrogens is 272 g/mol. The molecule has 1 atom stereocenters. The first-order valence-corrected chi connectivity index (χ1v) is 6.59.